The lowest BCUT2D eigenvalue weighted by Gasteiger charge is -2.14. The molecular weight excluding hydrogens is 247 g/mol. The SMILES string of the molecule is O=S(=O)(CCCl)NCC(O)C(F)(F)F. The number of aliphatic hydroxyl groups excluding tert-OH is 1. The first-order valence-electron chi connectivity index (χ1n) is 3.47. The van der Waals surface area contributed by atoms with Crippen LogP contribution in [0.2, 0.25) is 0 Å². The van der Waals surface area contributed by atoms with Crippen LogP contribution >= 0.6 is 11.6 Å². The smallest absolute Gasteiger partial charge is 0.382 e. The standard InChI is InChI=1S/C5H9ClF3NO3S/c6-1-2-14(12,13)10-3-4(11)5(7,8)9/h4,10-11H,1-3H2. The molecule has 1 unspecified atom stereocenters. The molecule has 0 aliphatic heterocycles. The van der Waals surface area contributed by atoms with Gasteiger partial charge in [-0.1, -0.05) is 0 Å². The van der Waals surface area contributed by atoms with Crippen molar-refractivity contribution in [1.29, 1.82) is 0 Å². The minimum absolute atomic E-state index is 0.225. The second kappa shape index (κ2) is 5.15. The van der Waals surface area contributed by atoms with Gasteiger partial charge in [-0.25, -0.2) is 13.1 Å². The Morgan fingerprint density at radius 1 is 1.43 bits per heavy atom. The van der Waals surface area contributed by atoms with Crippen LogP contribution in [0.3, 0.4) is 0 Å². The van der Waals surface area contributed by atoms with E-state index < -0.39 is 34.6 Å². The Balaban J connectivity index is 4.07. The summed E-state index contributed by atoms with van der Waals surface area (Å²) in [6.07, 6.45) is -7.53. The number of rotatable bonds is 5. The monoisotopic (exact) mass is 255 g/mol. The minimum Gasteiger partial charge on any atom is -0.382 e. The van der Waals surface area contributed by atoms with Gasteiger partial charge in [0.25, 0.3) is 0 Å². The summed E-state index contributed by atoms with van der Waals surface area (Å²) in [6.45, 7) is -1.09. The molecule has 9 heteroatoms. The van der Waals surface area contributed by atoms with Crippen LogP contribution in [-0.2, 0) is 10.0 Å². The number of alkyl halides is 4. The van der Waals surface area contributed by atoms with E-state index in [0.717, 1.165) is 0 Å². The van der Waals surface area contributed by atoms with Crippen LogP contribution < -0.4 is 4.72 Å². The molecule has 0 aliphatic carbocycles. The molecule has 2 N–H and O–H groups in total. The van der Waals surface area contributed by atoms with Gasteiger partial charge in [0.05, 0.1) is 5.75 Å². The van der Waals surface area contributed by atoms with Crippen LogP contribution in [0, 0.1) is 0 Å². The van der Waals surface area contributed by atoms with Gasteiger partial charge in [-0.15, -0.1) is 11.6 Å². The highest BCUT2D eigenvalue weighted by Gasteiger charge is 2.38. The molecule has 0 radical (unpaired) electrons. The molecule has 0 spiro atoms. The van der Waals surface area contributed by atoms with Crippen LogP contribution in [-0.4, -0.2) is 44.0 Å². The maximum absolute atomic E-state index is 11.7. The Bertz CT molecular complexity index is 266. The van der Waals surface area contributed by atoms with Crippen molar-refractivity contribution in [2.24, 2.45) is 0 Å². The van der Waals surface area contributed by atoms with E-state index in [-0.39, 0.29) is 5.88 Å². The van der Waals surface area contributed by atoms with Gasteiger partial charge < -0.3 is 5.11 Å². The van der Waals surface area contributed by atoms with Crippen LogP contribution in [0.25, 0.3) is 0 Å². The van der Waals surface area contributed by atoms with Gasteiger partial charge in [-0.3, -0.25) is 0 Å². The van der Waals surface area contributed by atoms with E-state index in [2.05, 4.69) is 0 Å². The summed E-state index contributed by atoms with van der Waals surface area (Å²) in [5.74, 6) is -0.712. The van der Waals surface area contributed by atoms with Crippen molar-refractivity contribution >= 4 is 21.6 Å². The first-order valence-corrected chi connectivity index (χ1v) is 5.66. The fourth-order valence-electron chi connectivity index (χ4n) is 0.495. The average molecular weight is 256 g/mol. The topological polar surface area (TPSA) is 66.4 Å². The minimum atomic E-state index is -4.83. The van der Waals surface area contributed by atoms with E-state index in [4.69, 9.17) is 16.7 Å². The van der Waals surface area contributed by atoms with Gasteiger partial charge in [0.15, 0.2) is 6.10 Å². The molecule has 0 aliphatic rings. The molecule has 0 amide bonds. The van der Waals surface area contributed by atoms with Crippen molar-refractivity contribution in [2.45, 2.75) is 12.3 Å². The molecule has 0 fully saturated rings. The van der Waals surface area contributed by atoms with E-state index in [9.17, 15) is 21.6 Å². The van der Waals surface area contributed by atoms with Crippen molar-refractivity contribution in [3.05, 3.63) is 0 Å². The van der Waals surface area contributed by atoms with Crippen molar-refractivity contribution in [1.82, 2.24) is 4.72 Å². The Labute approximate surface area is 84.1 Å². The molecule has 0 bridgehead atoms. The summed E-state index contributed by atoms with van der Waals surface area (Å²) in [6, 6.07) is 0. The zero-order valence-corrected chi connectivity index (χ0v) is 8.45. The molecule has 0 rings (SSSR count). The number of hydrogen-bond acceptors (Lipinski definition) is 3. The van der Waals surface area contributed by atoms with Gasteiger partial charge in [0.1, 0.15) is 0 Å². The molecule has 0 aromatic heterocycles. The Morgan fingerprint density at radius 2 is 1.93 bits per heavy atom. The number of hydrogen-bond donors (Lipinski definition) is 2. The predicted octanol–water partition coefficient (Wildman–Crippen LogP) is 0.0678. The quantitative estimate of drug-likeness (QED) is 0.683. The van der Waals surface area contributed by atoms with E-state index in [0.29, 0.717) is 0 Å². The third-order valence-electron chi connectivity index (χ3n) is 1.22. The highest BCUT2D eigenvalue weighted by atomic mass is 35.5. The summed E-state index contributed by atoms with van der Waals surface area (Å²) in [5.41, 5.74) is 0. The van der Waals surface area contributed by atoms with Crippen LogP contribution in [0.5, 0.6) is 0 Å². The van der Waals surface area contributed by atoms with Crippen LogP contribution in [0.15, 0.2) is 0 Å². The maximum Gasteiger partial charge on any atom is 0.415 e. The second-order valence-corrected chi connectivity index (χ2v) is 4.72. The predicted molar refractivity (Wildman–Crippen MR) is 44.6 cm³/mol. The fourth-order valence-corrected chi connectivity index (χ4v) is 1.86. The highest BCUT2D eigenvalue weighted by molar-refractivity contribution is 7.89. The van der Waals surface area contributed by atoms with Crippen molar-refractivity contribution in [3.63, 3.8) is 0 Å². The molecule has 0 saturated heterocycles. The lowest BCUT2D eigenvalue weighted by molar-refractivity contribution is -0.200. The first-order chi connectivity index (χ1) is 6.19. The molecular formula is C5H9ClF3NO3S. The molecule has 4 nitrogen and oxygen atoms in total. The molecule has 14 heavy (non-hydrogen) atoms. The number of aliphatic hydroxyl groups is 1. The Morgan fingerprint density at radius 3 is 2.29 bits per heavy atom. The number of nitrogens with one attached hydrogen (secondary N) is 1. The van der Waals surface area contributed by atoms with Gasteiger partial charge >= 0.3 is 6.18 Å². The highest BCUT2D eigenvalue weighted by Crippen LogP contribution is 2.19. The molecule has 0 aromatic rings. The van der Waals surface area contributed by atoms with E-state index in [1.807, 2.05) is 0 Å². The molecule has 0 aromatic carbocycles. The van der Waals surface area contributed by atoms with E-state index >= 15 is 0 Å². The normalized spacial score (nSPS) is 15.5. The summed E-state index contributed by atoms with van der Waals surface area (Å²) in [5, 5.41) is 8.43. The van der Waals surface area contributed by atoms with Gasteiger partial charge in [-0.05, 0) is 0 Å². The summed E-state index contributed by atoms with van der Waals surface area (Å²) in [4.78, 5) is 0. The Hall–Kier alpha value is -0.0500. The zero-order valence-electron chi connectivity index (χ0n) is 6.88. The summed E-state index contributed by atoms with van der Waals surface area (Å²) in [7, 11) is -3.83. The lowest BCUT2D eigenvalue weighted by Crippen LogP contribution is -2.41. The molecule has 0 saturated carbocycles. The number of sulfonamides is 1. The second-order valence-electron chi connectivity index (χ2n) is 2.41. The van der Waals surface area contributed by atoms with Crippen molar-refractivity contribution in [2.75, 3.05) is 18.2 Å². The van der Waals surface area contributed by atoms with E-state index in [1.165, 1.54) is 0 Å². The average Bonchev–Trinajstić information content (AvgIpc) is 1.98. The van der Waals surface area contributed by atoms with Crippen molar-refractivity contribution < 1.29 is 26.7 Å². The molecule has 86 valence electrons. The Kier molecular flexibility index (Phi) is 5.13. The zero-order chi connectivity index (χ0) is 11.4. The van der Waals surface area contributed by atoms with Gasteiger partial charge in [0, 0.05) is 12.4 Å². The van der Waals surface area contributed by atoms with Crippen molar-refractivity contribution in [3.8, 4) is 0 Å². The van der Waals surface area contributed by atoms with E-state index in [1.54, 1.807) is 4.72 Å². The summed E-state index contributed by atoms with van der Waals surface area (Å²) < 4.78 is 58.3. The largest absolute Gasteiger partial charge is 0.415 e. The first kappa shape index (κ1) is 13.9. The summed E-state index contributed by atoms with van der Waals surface area (Å²) >= 11 is 5.09. The van der Waals surface area contributed by atoms with Crippen LogP contribution in [0.1, 0.15) is 0 Å². The van der Waals surface area contributed by atoms with Crippen LogP contribution in [0.4, 0.5) is 13.2 Å². The number of halogens is 4. The molecule has 0 heterocycles. The fraction of sp³-hybridized carbons (Fsp3) is 1.00. The third-order valence-corrected chi connectivity index (χ3v) is 2.98. The molecule has 1 atom stereocenters. The maximum atomic E-state index is 11.7. The van der Waals surface area contributed by atoms with Gasteiger partial charge in [0.2, 0.25) is 10.0 Å². The lowest BCUT2D eigenvalue weighted by atomic mass is 10.4. The third kappa shape index (κ3) is 5.63. The van der Waals surface area contributed by atoms with Gasteiger partial charge in [-0.2, -0.15) is 13.2 Å².